The fraction of sp³-hybridized carbons (Fsp3) is 0.571. The molecule has 5 nitrogen and oxygen atoms in total. The number of piperazine rings is 1. The Labute approximate surface area is 120 Å². The molecule has 0 amide bonds. The van der Waals surface area contributed by atoms with Gasteiger partial charge in [0, 0.05) is 25.7 Å². The van der Waals surface area contributed by atoms with Crippen LogP contribution in [0.1, 0.15) is 18.1 Å². The molecule has 112 valence electrons. The normalized spacial score (nSPS) is 22.1. The van der Waals surface area contributed by atoms with Crippen molar-refractivity contribution in [1.29, 1.82) is 0 Å². The lowest BCUT2D eigenvalue weighted by Crippen LogP contribution is -2.51. The van der Waals surface area contributed by atoms with Gasteiger partial charge in [0.25, 0.3) is 0 Å². The zero-order valence-electron chi connectivity index (χ0n) is 12.2. The second-order valence-corrected chi connectivity index (χ2v) is 7.36. The Morgan fingerprint density at radius 2 is 2.05 bits per heavy atom. The minimum absolute atomic E-state index is 0.151. The molecule has 0 aliphatic carbocycles. The van der Waals surface area contributed by atoms with Gasteiger partial charge in [-0.2, -0.15) is 4.31 Å². The van der Waals surface area contributed by atoms with Crippen molar-refractivity contribution in [3.63, 3.8) is 0 Å². The van der Waals surface area contributed by atoms with E-state index in [1.165, 1.54) is 0 Å². The number of likely N-dealkylation sites (N-methyl/N-ethyl adjacent to an activating group) is 1. The maximum atomic E-state index is 12.8. The predicted molar refractivity (Wildman–Crippen MR) is 78.0 cm³/mol. The van der Waals surface area contributed by atoms with Gasteiger partial charge in [0.2, 0.25) is 10.0 Å². The van der Waals surface area contributed by atoms with Crippen LogP contribution in [0.2, 0.25) is 0 Å². The second-order valence-electron chi connectivity index (χ2n) is 5.45. The van der Waals surface area contributed by atoms with Gasteiger partial charge in [-0.25, -0.2) is 8.42 Å². The number of aliphatic hydroxyl groups is 1. The monoisotopic (exact) mass is 298 g/mol. The molecular formula is C14H22N2O3S. The van der Waals surface area contributed by atoms with E-state index in [0.717, 1.165) is 6.54 Å². The van der Waals surface area contributed by atoms with Crippen LogP contribution < -0.4 is 0 Å². The molecular weight excluding hydrogens is 276 g/mol. The molecule has 0 saturated carbocycles. The Kier molecular flexibility index (Phi) is 4.49. The molecule has 1 aromatic rings. The van der Waals surface area contributed by atoms with Gasteiger partial charge in [0.1, 0.15) is 0 Å². The third-order valence-electron chi connectivity index (χ3n) is 3.98. The molecule has 0 bridgehead atoms. The van der Waals surface area contributed by atoms with Crippen molar-refractivity contribution < 1.29 is 13.5 Å². The minimum Gasteiger partial charge on any atom is -0.392 e. The molecule has 6 heteroatoms. The molecule has 1 heterocycles. The summed E-state index contributed by atoms with van der Waals surface area (Å²) < 4.78 is 27.1. The highest BCUT2D eigenvalue weighted by Crippen LogP contribution is 2.23. The summed E-state index contributed by atoms with van der Waals surface area (Å²) in [6.07, 6.45) is 0. The number of benzene rings is 1. The summed E-state index contributed by atoms with van der Waals surface area (Å²) in [5, 5.41) is 9.19. The van der Waals surface area contributed by atoms with Crippen molar-refractivity contribution in [3.8, 4) is 0 Å². The molecule has 1 aromatic carbocycles. The lowest BCUT2D eigenvalue weighted by atomic mass is 10.2. The average molecular weight is 298 g/mol. The summed E-state index contributed by atoms with van der Waals surface area (Å²) in [7, 11) is -1.48. The van der Waals surface area contributed by atoms with Crippen LogP contribution in [0.3, 0.4) is 0 Å². The summed E-state index contributed by atoms with van der Waals surface area (Å²) in [5.74, 6) is 0. The second kappa shape index (κ2) is 5.81. The molecule has 0 aromatic heterocycles. The van der Waals surface area contributed by atoms with E-state index in [9.17, 15) is 13.5 Å². The van der Waals surface area contributed by atoms with Gasteiger partial charge in [0.05, 0.1) is 11.5 Å². The van der Waals surface area contributed by atoms with Gasteiger partial charge in [-0.15, -0.1) is 0 Å². The fourth-order valence-electron chi connectivity index (χ4n) is 2.39. The average Bonchev–Trinajstić information content (AvgIpc) is 2.42. The summed E-state index contributed by atoms with van der Waals surface area (Å²) in [4.78, 5) is 2.46. The lowest BCUT2D eigenvalue weighted by molar-refractivity contribution is 0.159. The van der Waals surface area contributed by atoms with E-state index in [1.54, 1.807) is 29.4 Å². The highest BCUT2D eigenvalue weighted by Gasteiger charge is 2.31. The Bertz CT molecular complexity index is 586. The van der Waals surface area contributed by atoms with Gasteiger partial charge in [0.15, 0.2) is 0 Å². The Morgan fingerprint density at radius 1 is 1.35 bits per heavy atom. The van der Waals surface area contributed by atoms with E-state index < -0.39 is 10.0 Å². The number of sulfonamides is 1. The lowest BCUT2D eigenvalue weighted by Gasteiger charge is -2.37. The third-order valence-corrected chi connectivity index (χ3v) is 5.98. The molecule has 1 N–H and O–H groups in total. The number of rotatable bonds is 3. The number of aliphatic hydroxyl groups excluding tert-OH is 1. The molecule has 1 aliphatic heterocycles. The van der Waals surface area contributed by atoms with Crippen molar-refractivity contribution in [1.82, 2.24) is 9.21 Å². The largest absolute Gasteiger partial charge is 0.392 e. The van der Waals surface area contributed by atoms with Crippen LogP contribution in [-0.2, 0) is 16.6 Å². The predicted octanol–water partition coefficient (Wildman–Crippen LogP) is 0.812. The van der Waals surface area contributed by atoms with E-state index >= 15 is 0 Å². The van der Waals surface area contributed by atoms with Crippen LogP contribution >= 0.6 is 0 Å². The van der Waals surface area contributed by atoms with Crippen LogP contribution in [0.4, 0.5) is 0 Å². The smallest absolute Gasteiger partial charge is 0.243 e. The van der Waals surface area contributed by atoms with Crippen LogP contribution in [0, 0.1) is 6.92 Å². The van der Waals surface area contributed by atoms with E-state index in [2.05, 4.69) is 4.90 Å². The van der Waals surface area contributed by atoms with Gasteiger partial charge < -0.3 is 10.0 Å². The SMILES string of the molecule is Cc1ccc(CO)cc1S(=O)(=O)N1CCN(C)C(C)C1. The Morgan fingerprint density at radius 3 is 2.65 bits per heavy atom. The highest BCUT2D eigenvalue weighted by atomic mass is 32.2. The van der Waals surface area contributed by atoms with Gasteiger partial charge in [-0.05, 0) is 38.1 Å². The fourth-order valence-corrected chi connectivity index (χ4v) is 4.18. The van der Waals surface area contributed by atoms with Crippen molar-refractivity contribution in [2.75, 3.05) is 26.7 Å². The maximum Gasteiger partial charge on any atom is 0.243 e. The first-order valence-corrected chi connectivity index (χ1v) is 8.21. The Hall–Kier alpha value is -0.950. The standard InChI is InChI=1S/C14H22N2O3S/c1-11-4-5-13(10-17)8-14(11)20(18,19)16-7-6-15(3)12(2)9-16/h4-5,8,12,17H,6-7,9-10H2,1-3H3. The number of nitrogens with zero attached hydrogens (tertiary/aromatic N) is 2. The van der Waals surface area contributed by atoms with Crippen molar-refractivity contribution >= 4 is 10.0 Å². The molecule has 1 atom stereocenters. The summed E-state index contributed by atoms with van der Waals surface area (Å²) in [6, 6.07) is 5.28. The zero-order valence-corrected chi connectivity index (χ0v) is 13.0. The molecule has 20 heavy (non-hydrogen) atoms. The number of aryl methyl sites for hydroxylation is 1. The first-order chi connectivity index (χ1) is 9.36. The van der Waals surface area contributed by atoms with Crippen LogP contribution in [-0.4, -0.2) is 55.5 Å². The van der Waals surface area contributed by atoms with Crippen LogP contribution in [0.5, 0.6) is 0 Å². The van der Waals surface area contributed by atoms with E-state index in [0.29, 0.717) is 29.1 Å². The quantitative estimate of drug-likeness (QED) is 0.897. The molecule has 2 rings (SSSR count). The first-order valence-electron chi connectivity index (χ1n) is 6.77. The van der Waals surface area contributed by atoms with Crippen LogP contribution in [0.25, 0.3) is 0 Å². The Balaban J connectivity index is 2.35. The number of hydrogen-bond acceptors (Lipinski definition) is 4. The number of hydrogen-bond donors (Lipinski definition) is 1. The van der Waals surface area contributed by atoms with E-state index in [4.69, 9.17) is 0 Å². The van der Waals surface area contributed by atoms with Crippen molar-refractivity contribution in [3.05, 3.63) is 29.3 Å². The third kappa shape index (κ3) is 2.88. The molecule has 0 spiro atoms. The first kappa shape index (κ1) is 15.4. The van der Waals surface area contributed by atoms with Gasteiger partial charge in [-0.1, -0.05) is 12.1 Å². The topological polar surface area (TPSA) is 60.9 Å². The molecule has 1 aliphatic rings. The van der Waals surface area contributed by atoms with Crippen molar-refractivity contribution in [2.24, 2.45) is 0 Å². The summed E-state index contributed by atoms with van der Waals surface area (Å²) in [5.41, 5.74) is 1.34. The highest BCUT2D eigenvalue weighted by molar-refractivity contribution is 7.89. The zero-order chi connectivity index (χ0) is 14.9. The maximum absolute atomic E-state index is 12.8. The van der Waals surface area contributed by atoms with Gasteiger partial charge in [-0.3, -0.25) is 0 Å². The van der Waals surface area contributed by atoms with E-state index in [-0.39, 0.29) is 12.6 Å². The van der Waals surface area contributed by atoms with Gasteiger partial charge >= 0.3 is 0 Å². The molecule has 1 saturated heterocycles. The summed E-state index contributed by atoms with van der Waals surface area (Å²) in [6.45, 7) is 5.40. The molecule has 0 radical (unpaired) electrons. The van der Waals surface area contributed by atoms with Crippen LogP contribution in [0.15, 0.2) is 23.1 Å². The molecule has 1 unspecified atom stereocenters. The minimum atomic E-state index is -3.49. The molecule has 1 fully saturated rings. The van der Waals surface area contributed by atoms with E-state index in [1.807, 2.05) is 14.0 Å². The van der Waals surface area contributed by atoms with Crippen molar-refractivity contribution in [2.45, 2.75) is 31.4 Å². The summed E-state index contributed by atoms with van der Waals surface area (Å²) >= 11 is 0.